The van der Waals surface area contributed by atoms with Gasteiger partial charge in [0.15, 0.2) is 0 Å². The summed E-state index contributed by atoms with van der Waals surface area (Å²) < 4.78 is 0. The highest BCUT2D eigenvalue weighted by Gasteiger charge is 2.84. The van der Waals surface area contributed by atoms with Gasteiger partial charge in [0.2, 0.25) is 0 Å². The third kappa shape index (κ3) is 5.07. The Hall–Kier alpha value is -2.66. The molecule has 5 nitrogen and oxygen atoms in total. The average Bonchev–Trinajstić information content (AvgIpc) is 3.25. The highest BCUT2D eigenvalue weighted by atomic mass is 16.4. The fraction of sp³-hybridized carbons (Fsp3) is 0.650. The minimum atomic E-state index is -0.947. The monoisotopic (exact) mass is 611 g/mol. The zero-order valence-electron chi connectivity index (χ0n) is 27.4. The van der Waals surface area contributed by atoms with E-state index in [9.17, 15) is 14.7 Å². The maximum absolute atomic E-state index is 13.0. The van der Waals surface area contributed by atoms with Crippen molar-refractivity contribution >= 4 is 11.9 Å². The van der Waals surface area contributed by atoms with Crippen molar-refractivity contribution in [1.29, 1.82) is 0 Å². The molecule has 5 aliphatic carbocycles. The molecule has 0 radical (unpaired) electrons. The van der Waals surface area contributed by atoms with Crippen LogP contribution in [-0.2, 0) is 13.0 Å². The van der Waals surface area contributed by atoms with Crippen molar-refractivity contribution < 1.29 is 19.8 Å². The highest BCUT2D eigenvalue weighted by Crippen LogP contribution is 2.88. The maximum atomic E-state index is 13.0. The van der Waals surface area contributed by atoms with Crippen LogP contribution >= 0.6 is 0 Å². The Bertz CT molecular complexity index is 1420. The quantitative estimate of drug-likeness (QED) is 0.238. The van der Waals surface area contributed by atoms with Crippen LogP contribution in [-0.4, -0.2) is 28.2 Å². The van der Waals surface area contributed by atoms with E-state index in [2.05, 4.69) is 31.3 Å². The third-order valence-corrected chi connectivity index (χ3v) is 14.0. The lowest BCUT2D eigenvalue weighted by Gasteiger charge is -2.53. The van der Waals surface area contributed by atoms with E-state index in [4.69, 9.17) is 5.11 Å². The second kappa shape index (κ2) is 11.9. The summed E-state index contributed by atoms with van der Waals surface area (Å²) in [6, 6.07) is 14.8. The molecule has 242 valence electrons. The largest absolute Gasteiger partial charge is 0.478 e. The molecule has 0 saturated heterocycles. The molecule has 3 N–H and O–H groups in total. The Balaban J connectivity index is 1.000. The molecule has 5 heteroatoms. The van der Waals surface area contributed by atoms with Gasteiger partial charge in [-0.1, -0.05) is 57.4 Å². The topological polar surface area (TPSA) is 86.6 Å². The first kappa shape index (κ1) is 31.0. The number of hydrogen-bond donors (Lipinski definition) is 3. The van der Waals surface area contributed by atoms with E-state index in [0.29, 0.717) is 22.9 Å². The van der Waals surface area contributed by atoms with Crippen molar-refractivity contribution in [2.45, 2.75) is 116 Å². The van der Waals surface area contributed by atoms with Crippen molar-refractivity contribution in [3.63, 3.8) is 0 Å². The summed E-state index contributed by atoms with van der Waals surface area (Å²) >= 11 is 0. The molecular formula is C40H53NO4. The SMILES string of the molecule is CC(C)CCCC12C(O)CCC13C1CCC4(CCc5cccc(C(=O)NCc6ccc(C(=O)O)cc6)c5)CCCC4C1CCC23. The summed E-state index contributed by atoms with van der Waals surface area (Å²) in [5, 5.41) is 23.6. The number of carbonyl (C=O) groups is 2. The molecule has 8 atom stereocenters. The van der Waals surface area contributed by atoms with Gasteiger partial charge in [-0.05, 0) is 146 Å². The predicted octanol–water partition coefficient (Wildman–Crippen LogP) is 8.44. The lowest BCUT2D eigenvalue weighted by Crippen LogP contribution is -2.45. The summed E-state index contributed by atoms with van der Waals surface area (Å²) in [7, 11) is 0. The fourth-order valence-electron chi connectivity index (χ4n) is 12.2. The Morgan fingerprint density at radius 2 is 1.71 bits per heavy atom. The number of aliphatic hydroxyl groups excluding tert-OH is 1. The van der Waals surface area contributed by atoms with E-state index in [-0.39, 0.29) is 23.0 Å². The number of carboxylic acid groups (broad SMARTS) is 1. The Labute approximate surface area is 269 Å². The van der Waals surface area contributed by atoms with E-state index in [1.165, 1.54) is 82.6 Å². The van der Waals surface area contributed by atoms with Gasteiger partial charge < -0.3 is 15.5 Å². The summed E-state index contributed by atoms with van der Waals surface area (Å²) in [5.74, 6) is 3.00. The Kier molecular flexibility index (Phi) is 8.16. The molecule has 1 spiro atoms. The molecule has 5 aliphatic rings. The van der Waals surface area contributed by atoms with E-state index < -0.39 is 5.97 Å². The first-order chi connectivity index (χ1) is 21.7. The number of fused-ring (bicyclic) bond motifs is 4. The van der Waals surface area contributed by atoms with Crippen molar-refractivity contribution in [3.05, 3.63) is 70.8 Å². The number of benzene rings is 2. The van der Waals surface area contributed by atoms with E-state index in [1.54, 1.807) is 24.3 Å². The first-order valence-electron chi connectivity index (χ1n) is 18.1. The molecule has 0 aliphatic heterocycles. The normalized spacial score (nSPS) is 36.1. The first-order valence-corrected chi connectivity index (χ1v) is 18.1. The smallest absolute Gasteiger partial charge is 0.335 e. The van der Waals surface area contributed by atoms with Crippen LogP contribution in [0.2, 0.25) is 0 Å². The van der Waals surface area contributed by atoms with Crippen LogP contribution in [0.25, 0.3) is 0 Å². The summed E-state index contributed by atoms with van der Waals surface area (Å²) in [5.41, 5.74) is 4.20. The minimum Gasteiger partial charge on any atom is -0.478 e. The molecule has 45 heavy (non-hydrogen) atoms. The maximum Gasteiger partial charge on any atom is 0.335 e. The van der Waals surface area contributed by atoms with Crippen LogP contribution in [0, 0.1) is 45.8 Å². The van der Waals surface area contributed by atoms with E-state index in [1.807, 2.05) is 12.1 Å². The Morgan fingerprint density at radius 1 is 0.889 bits per heavy atom. The molecule has 1 amide bonds. The van der Waals surface area contributed by atoms with E-state index in [0.717, 1.165) is 48.0 Å². The summed E-state index contributed by atoms with van der Waals surface area (Å²) in [6.07, 6.45) is 17.9. The van der Waals surface area contributed by atoms with Gasteiger partial charge in [0.05, 0.1) is 11.7 Å². The Morgan fingerprint density at radius 3 is 2.49 bits per heavy atom. The highest BCUT2D eigenvalue weighted by molar-refractivity contribution is 5.94. The lowest BCUT2D eigenvalue weighted by molar-refractivity contribution is -0.0395. The number of amides is 1. The van der Waals surface area contributed by atoms with Gasteiger partial charge >= 0.3 is 5.97 Å². The number of aryl methyl sites for hydroxylation is 1. The van der Waals surface area contributed by atoms with Crippen molar-refractivity contribution in [2.24, 2.45) is 45.8 Å². The van der Waals surface area contributed by atoms with Gasteiger partial charge in [0, 0.05) is 17.5 Å². The number of nitrogens with one attached hydrogen (secondary N) is 1. The fourth-order valence-corrected chi connectivity index (χ4v) is 12.2. The zero-order chi connectivity index (χ0) is 31.4. The number of rotatable bonds is 11. The number of carbonyl (C=O) groups excluding carboxylic acids is 1. The minimum absolute atomic E-state index is 0.0642. The molecular weight excluding hydrogens is 558 g/mol. The van der Waals surface area contributed by atoms with Crippen LogP contribution in [0.4, 0.5) is 0 Å². The molecule has 0 aromatic heterocycles. The molecule has 5 saturated carbocycles. The van der Waals surface area contributed by atoms with E-state index >= 15 is 0 Å². The standard InChI is InChI=1S/C40H53NO4/c1-26(2)6-4-20-40-34-15-14-31-32-9-5-19-38(32,22-17-33(31)39(34,40)23-18-35(40)42)21-16-27-7-3-8-30(24-27)36(43)41-25-28-10-12-29(13-11-28)37(44)45/h3,7-8,10-13,24,26,31-35,42H,4-6,9,14-23,25H2,1-2H3,(H,41,43)(H,44,45). The summed E-state index contributed by atoms with van der Waals surface area (Å²) in [4.78, 5) is 24.2. The zero-order valence-corrected chi connectivity index (χ0v) is 27.4. The molecule has 0 bridgehead atoms. The summed E-state index contributed by atoms with van der Waals surface area (Å²) in [6.45, 7) is 5.05. The third-order valence-electron chi connectivity index (χ3n) is 14.0. The number of hydrogen-bond acceptors (Lipinski definition) is 3. The van der Waals surface area contributed by atoms with Gasteiger partial charge in [0.25, 0.3) is 5.91 Å². The van der Waals surface area contributed by atoms with Crippen molar-refractivity contribution in [2.75, 3.05) is 0 Å². The van der Waals surface area contributed by atoms with Crippen LogP contribution in [0.1, 0.15) is 129 Å². The molecule has 5 fully saturated rings. The molecule has 7 rings (SSSR count). The second-order valence-electron chi connectivity index (χ2n) is 16.1. The molecule has 2 aromatic rings. The molecule has 8 unspecified atom stereocenters. The van der Waals surface area contributed by atoms with Crippen LogP contribution in [0.15, 0.2) is 48.5 Å². The van der Waals surface area contributed by atoms with Gasteiger partial charge in [0.1, 0.15) is 0 Å². The van der Waals surface area contributed by atoms with Crippen molar-refractivity contribution in [3.8, 4) is 0 Å². The molecule has 0 heterocycles. The number of aliphatic hydroxyl groups is 1. The predicted molar refractivity (Wildman–Crippen MR) is 177 cm³/mol. The second-order valence-corrected chi connectivity index (χ2v) is 16.1. The molecule has 2 aromatic carbocycles. The van der Waals surface area contributed by atoms with Crippen molar-refractivity contribution in [1.82, 2.24) is 5.32 Å². The number of aromatic carboxylic acids is 1. The van der Waals surface area contributed by atoms with Gasteiger partial charge in [-0.3, -0.25) is 4.79 Å². The van der Waals surface area contributed by atoms with Gasteiger partial charge in [-0.15, -0.1) is 0 Å². The van der Waals surface area contributed by atoms with Gasteiger partial charge in [-0.2, -0.15) is 0 Å². The lowest BCUT2D eigenvalue weighted by atomic mass is 9.52. The van der Waals surface area contributed by atoms with Crippen LogP contribution < -0.4 is 5.32 Å². The van der Waals surface area contributed by atoms with Gasteiger partial charge in [-0.25, -0.2) is 4.79 Å². The van der Waals surface area contributed by atoms with Crippen LogP contribution in [0.3, 0.4) is 0 Å². The average molecular weight is 612 g/mol. The van der Waals surface area contributed by atoms with Crippen LogP contribution in [0.5, 0.6) is 0 Å². The number of carboxylic acids is 1.